The highest BCUT2D eigenvalue weighted by molar-refractivity contribution is 5.62. The van der Waals surface area contributed by atoms with E-state index in [0.717, 1.165) is 19.1 Å². The lowest BCUT2D eigenvalue weighted by molar-refractivity contribution is -0.0331. The Bertz CT molecular complexity index is 391. The number of hydrogen-bond donors (Lipinski definition) is 0. The molecule has 1 nitrogen and oxygen atoms in total. The molecule has 1 fully saturated rings. The predicted molar refractivity (Wildman–Crippen MR) is 76.5 cm³/mol. The van der Waals surface area contributed by atoms with Crippen molar-refractivity contribution in [2.45, 2.75) is 13.3 Å². The zero-order valence-electron chi connectivity index (χ0n) is 10.9. The van der Waals surface area contributed by atoms with Gasteiger partial charge in [-0.05, 0) is 17.5 Å². The second-order valence-electron chi connectivity index (χ2n) is 4.54. The molecule has 0 atom stereocenters. The Morgan fingerprint density at radius 2 is 1.28 bits per heavy atom. The van der Waals surface area contributed by atoms with Gasteiger partial charge in [-0.1, -0.05) is 67.6 Å². The fraction of sp³-hybridized carbons (Fsp3) is 0.294. The van der Waals surface area contributed by atoms with Crippen LogP contribution in [0.3, 0.4) is 0 Å². The van der Waals surface area contributed by atoms with Crippen molar-refractivity contribution in [2.75, 3.05) is 13.2 Å². The van der Waals surface area contributed by atoms with Crippen LogP contribution in [0.5, 0.6) is 0 Å². The minimum Gasteiger partial charge on any atom is -0.381 e. The van der Waals surface area contributed by atoms with Gasteiger partial charge in [0.15, 0.2) is 0 Å². The molecule has 1 aliphatic rings. The SMILES string of the molecule is CCC1COC1.c1ccc(-c2ccccc2)cc1. The summed E-state index contributed by atoms with van der Waals surface area (Å²) in [7, 11) is 0. The van der Waals surface area contributed by atoms with Crippen molar-refractivity contribution >= 4 is 0 Å². The maximum atomic E-state index is 4.93. The molecule has 0 N–H and O–H groups in total. The normalized spacial score (nSPS) is 14.3. The molecule has 1 saturated heterocycles. The van der Waals surface area contributed by atoms with Crippen LogP contribution in [0.2, 0.25) is 0 Å². The number of benzene rings is 2. The predicted octanol–water partition coefficient (Wildman–Crippen LogP) is 4.40. The van der Waals surface area contributed by atoms with Crippen LogP contribution in [0.4, 0.5) is 0 Å². The van der Waals surface area contributed by atoms with Crippen molar-refractivity contribution in [3.8, 4) is 11.1 Å². The lowest BCUT2D eigenvalue weighted by atomic mass is 10.1. The molecule has 94 valence electrons. The molecule has 0 radical (unpaired) electrons. The van der Waals surface area contributed by atoms with Gasteiger partial charge in [0.25, 0.3) is 0 Å². The fourth-order valence-electron chi connectivity index (χ4n) is 1.78. The van der Waals surface area contributed by atoms with Gasteiger partial charge >= 0.3 is 0 Å². The summed E-state index contributed by atoms with van der Waals surface area (Å²) in [5.41, 5.74) is 2.55. The molecule has 2 aromatic carbocycles. The zero-order chi connectivity index (χ0) is 12.6. The van der Waals surface area contributed by atoms with Crippen LogP contribution < -0.4 is 0 Å². The van der Waals surface area contributed by atoms with Gasteiger partial charge in [-0.2, -0.15) is 0 Å². The first-order valence-corrected chi connectivity index (χ1v) is 6.58. The highest BCUT2D eigenvalue weighted by Gasteiger charge is 2.14. The van der Waals surface area contributed by atoms with Crippen LogP contribution in [-0.2, 0) is 4.74 Å². The minimum atomic E-state index is 0.894. The van der Waals surface area contributed by atoms with Crippen LogP contribution in [0, 0.1) is 5.92 Å². The molecule has 1 heteroatoms. The Morgan fingerprint density at radius 1 is 0.833 bits per heavy atom. The van der Waals surface area contributed by atoms with E-state index in [2.05, 4.69) is 55.5 Å². The molecular formula is C17H20O. The van der Waals surface area contributed by atoms with Crippen molar-refractivity contribution in [3.63, 3.8) is 0 Å². The largest absolute Gasteiger partial charge is 0.381 e. The number of rotatable bonds is 2. The van der Waals surface area contributed by atoms with Crippen molar-refractivity contribution in [1.29, 1.82) is 0 Å². The third-order valence-corrected chi connectivity index (χ3v) is 3.17. The Balaban J connectivity index is 0.000000169. The average molecular weight is 240 g/mol. The van der Waals surface area contributed by atoms with E-state index in [1.165, 1.54) is 17.5 Å². The van der Waals surface area contributed by atoms with Gasteiger partial charge in [-0.3, -0.25) is 0 Å². The Labute approximate surface area is 109 Å². The van der Waals surface area contributed by atoms with E-state index in [1.54, 1.807) is 0 Å². The third-order valence-electron chi connectivity index (χ3n) is 3.17. The van der Waals surface area contributed by atoms with E-state index < -0.39 is 0 Å². The van der Waals surface area contributed by atoms with Crippen LogP contribution in [0.1, 0.15) is 13.3 Å². The second kappa shape index (κ2) is 6.97. The van der Waals surface area contributed by atoms with Gasteiger partial charge < -0.3 is 4.74 Å². The highest BCUT2D eigenvalue weighted by Crippen LogP contribution is 2.17. The maximum Gasteiger partial charge on any atom is 0.0516 e. The molecule has 0 amide bonds. The molecule has 0 aliphatic carbocycles. The molecule has 0 unspecified atom stereocenters. The average Bonchev–Trinajstić information content (AvgIpc) is 2.40. The highest BCUT2D eigenvalue weighted by atomic mass is 16.5. The molecular weight excluding hydrogens is 220 g/mol. The Hall–Kier alpha value is -1.60. The lowest BCUT2D eigenvalue weighted by Gasteiger charge is -2.23. The standard InChI is InChI=1S/C12H10.C5H10O/c1-3-7-11(8-4-1)12-9-5-2-6-10-12;1-2-5-3-6-4-5/h1-10H;5H,2-4H2,1H3. The van der Waals surface area contributed by atoms with E-state index in [9.17, 15) is 0 Å². The van der Waals surface area contributed by atoms with Crippen molar-refractivity contribution in [3.05, 3.63) is 60.7 Å². The molecule has 3 rings (SSSR count). The van der Waals surface area contributed by atoms with Gasteiger partial charge in [0.05, 0.1) is 13.2 Å². The van der Waals surface area contributed by atoms with Crippen LogP contribution in [0.15, 0.2) is 60.7 Å². The monoisotopic (exact) mass is 240 g/mol. The van der Waals surface area contributed by atoms with E-state index in [-0.39, 0.29) is 0 Å². The molecule has 0 aromatic heterocycles. The minimum absolute atomic E-state index is 0.894. The van der Waals surface area contributed by atoms with E-state index in [0.29, 0.717) is 0 Å². The first-order valence-electron chi connectivity index (χ1n) is 6.58. The molecule has 18 heavy (non-hydrogen) atoms. The summed E-state index contributed by atoms with van der Waals surface area (Å²) < 4.78 is 4.93. The summed E-state index contributed by atoms with van der Waals surface area (Å²) in [6, 6.07) is 20.8. The molecule has 2 aromatic rings. The molecule has 0 bridgehead atoms. The van der Waals surface area contributed by atoms with Crippen LogP contribution >= 0.6 is 0 Å². The van der Waals surface area contributed by atoms with Gasteiger partial charge in [0, 0.05) is 5.92 Å². The van der Waals surface area contributed by atoms with Crippen molar-refractivity contribution in [1.82, 2.24) is 0 Å². The van der Waals surface area contributed by atoms with Gasteiger partial charge in [-0.25, -0.2) is 0 Å². The van der Waals surface area contributed by atoms with Crippen molar-refractivity contribution < 1.29 is 4.74 Å². The lowest BCUT2D eigenvalue weighted by Crippen LogP contribution is -2.26. The summed E-state index contributed by atoms with van der Waals surface area (Å²) in [6.07, 6.45) is 1.29. The first kappa shape index (κ1) is 12.8. The fourth-order valence-corrected chi connectivity index (χ4v) is 1.78. The van der Waals surface area contributed by atoms with E-state index in [1.807, 2.05) is 12.1 Å². The van der Waals surface area contributed by atoms with Crippen LogP contribution in [0.25, 0.3) is 11.1 Å². The maximum absolute atomic E-state index is 4.93. The number of hydrogen-bond acceptors (Lipinski definition) is 1. The molecule has 0 saturated carbocycles. The quantitative estimate of drug-likeness (QED) is 0.756. The van der Waals surface area contributed by atoms with Gasteiger partial charge in [-0.15, -0.1) is 0 Å². The molecule has 1 heterocycles. The summed E-state index contributed by atoms with van der Waals surface area (Å²) >= 11 is 0. The molecule has 0 spiro atoms. The Morgan fingerprint density at radius 3 is 1.50 bits per heavy atom. The van der Waals surface area contributed by atoms with Gasteiger partial charge in [0.2, 0.25) is 0 Å². The summed E-state index contributed by atoms with van der Waals surface area (Å²) in [6.45, 7) is 4.22. The first-order chi connectivity index (χ1) is 8.90. The summed E-state index contributed by atoms with van der Waals surface area (Å²) in [5.74, 6) is 0.894. The van der Waals surface area contributed by atoms with Gasteiger partial charge in [0.1, 0.15) is 0 Å². The molecule has 1 aliphatic heterocycles. The second-order valence-corrected chi connectivity index (χ2v) is 4.54. The van der Waals surface area contributed by atoms with Crippen LogP contribution in [-0.4, -0.2) is 13.2 Å². The number of ether oxygens (including phenoxy) is 1. The Kier molecular flexibility index (Phi) is 4.98. The zero-order valence-corrected chi connectivity index (χ0v) is 10.9. The third kappa shape index (κ3) is 3.71. The van der Waals surface area contributed by atoms with Crippen molar-refractivity contribution in [2.24, 2.45) is 5.92 Å². The van der Waals surface area contributed by atoms with E-state index >= 15 is 0 Å². The summed E-state index contributed by atoms with van der Waals surface area (Å²) in [4.78, 5) is 0. The smallest absolute Gasteiger partial charge is 0.0516 e. The topological polar surface area (TPSA) is 9.23 Å². The van der Waals surface area contributed by atoms with E-state index in [4.69, 9.17) is 4.74 Å². The summed E-state index contributed by atoms with van der Waals surface area (Å²) in [5, 5.41) is 0.